The fourth-order valence-corrected chi connectivity index (χ4v) is 7.34. The molecule has 5 nitrogen and oxygen atoms in total. The normalized spacial score (nSPS) is 22.3. The van der Waals surface area contributed by atoms with Crippen molar-refractivity contribution in [3.8, 4) is 0 Å². The third kappa shape index (κ3) is 6.20. The van der Waals surface area contributed by atoms with Gasteiger partial charge in [-0.25, -0.2) is 0 Å². The molecule has 226 valence electrons. The number of carboxylic acids is 1. The van der Waals surface area contributed by atoms with Crippen LogP contribution in [-0.2, 0) is 25.2 Å². The van der Waals surface area contributed by atoms with E-state index in [9.17, 15) is 19.5 Å². The average Bonchev–Trinajstić information content (AvgIpc) is 3.91. The molecule has 7 rings (SSSR count). The molecule has 3 aromatic carbocycles. The quantitative estimate of drug-likeness (QED) is 0.204. The minimum Gasteiger partial charge on any atom is -0.481 e. The minimum atomic E-state index is -0.949. The van der Waals surface area contributed by atoms with E-state index in [1.807, 2.05) is 72.8 Å². The first-order valence-corrected chi connectivity index (χ1v) is 16.0. The second kappa shape index (κ2) is 12.8. The average molecular weight is 661 g/mol. The van der Waals surface area contributed by atoms with E-state index in [0.717, 1.165) is 61.9 Å². The van der Waals surface area contributed by atoms with Gasteiger partial charge in [0.2, 0.25) is 11.7 Å². The Hall–Kier alpha value is -2.57. The van der Waals surface area contributed by atoms with Gasteiger partial charge in [-0.1, -0.05) is 71.2 Å². The number of benzene rings is 3. The van der Waals surface area contributed by atoms with E-state index >= 15 is 0 Å². The summed E-state index contributed by atoms with van der Waals surface area (Å²) in [4.78, 5) is 34.7. The van der Waals surface area contributed by atoms with E-state index in [0.29, 0.717) is 21.5 Å². The highest BCUT2D eigenvalue weighted by Crippen LogP contribution is 2.81. The van der Waals surface area contributed by atoms with E-state index in [1.165, 1.54) is 12.8 Å². The van der Waals surface area contributed by atoms with Crippen LogP contribution in [0, 0.1) is 11.3 Å². The molecule has 0 spiro atoms. The van der Waals surface area contributed by atoms with Gasteiger partial charge in [-0.05, 0) is 110 Å². The Kier molecular flexibility index (Phi) is 9.48. The number of likely N-dealkylation sites (tertiary alicyclic amines) is 1. The zero-order valence-corrected chi connectivity index (χ0v) is 26.6. The van der Waals surface area contributed by atoms with Crippen molar-refractivity contribution in [3.05, 3.63) is 105 Å². The lowest BCUT2D eigenvalue weighted by molar-refractivity contribution is -0.145. The molecule has 1 N–H and O–H groups in total. The minimum absolute atomic E-state index is 0.157. The van der Waals surface area contributed by atoms with Crippen LogP contribution >= 0.6 is 46.4 Å². The highest BCUT2D eigenvalue weighted by atomic mass is 35.5. The molecule has 1 aliphatic heterocycles. The molecule has 4 aliphatic rings. The van der Waals surface area contributed by atoms with Crippen LogP contribution < -0.4 is 0 Å². The smallest absolute Gasteiger partial charge is 0.311 e. The molecule has 1 heterocycles. The van der Waals surface area contributed by atoms with Crippen LogP contribution in [0.3, 0.4) is 0 Å². The van der Waals surface area contributed by atoms with Crippen molar-refractivity contribution >= 4 is 64.0 Å². The van der Waals surface area contributed by atoms with Crippen molar-refractivity contribution in [2.75, 3.05) is 13.1 Å². The maximum atomic E-state index is 13.0. The van der Waals surface area contributed by atoms with Crippen LogP contribution in [0.15, 0.2) is 72.8 Å². The Balaban J connectivity index is 0.000000233. The molecule has 1 atom stereocenters. The molecule has 9 heteroatoms. The third-order valence-electron chi connectivity index (χ3n) is 9.32. The van der Waals surface area contributed by atoms with Gasteiger partial charge in [0.1, 0.15) is 0 Å². The molecule has 1 saturated heterocycles. The molecule has 4 fully saturated rings. The van der Waals surface area contributed by atoms with Crippen LogP contribution in [0.2, 0.25) is 15.1 Å². The van der Waals surface area contributed by atoms with Gasteiger partial charge in [0.15, 0.2) is 0 Å². The van der Waals surface area contributed by atoms with Crippen LogP contribution in [-0.4, -0.2) is 40.7 Å². The number of nitrogens with zero attached hydrogens (tertiary/aromatic N) is 1. The van der Waals surface area contributed by atoms with Crippen molar-refractivity contribution in [3.63, 3.8) is 0 Å². The largest absolute Gasteiger partial charge is 0.481 e. The van der Waals surface area contributed by atoms with Gasteiger partial charge in [0, 0.05) is 44.9 Å². The van der Waals surface area contributed by atoms with E-state index in [2.05, 4.69) is 0 Å². The van der Waals surface area contributed by atoms with Crippen LogP contribution in [0.5, 0.6) is 0 Å². The number of halogens is 4. The summed E-state index contributed by atoms with van der Waals surface area (Å²) in [6.45, 7) is 1.95. The number of hydrogen-bond acceptors (Lipinski definition) is 3. The first-order chi connectivity index (χ1) is 20.6. The highest BCUT2D eigenvalue weighted by molar-refractivity contribution is 6.64. The Labute approximate surface area is 272 Å². The van der Waals surface area contributed by atoms with Crippen molar-refractivity contribution in [2.24, 2.45) is 11.3 Å². The Morgan fingerprint density at radius 1 is 0.744 bits per heavy atom. The summed E-state index contributed by atoms with van der Waals surface area (Å²) in [5.41, 5.74) is 0.954. The monoisotopic (exact) mass is 659 g/mol. The van der Waals surface area contributed by atoms with Gasteiger partial charge < -0.3 is 10.0 Å². The lowest BCUT2D eigenvalue weighted by Crippen LogP contribution is -2.38. The zero-order valence-electron chi connectivity index (χ0n) is 23.6. The van der Waals surface area contributed by atoms with Crippen LogP contribution in [0.4, 0.5) is 0 Å². The van der Waals surface area contributed by atoms with Crippen molar-refractivity contribution in [2.45, 2.75) is 55.8 Å². The zero-order chi connectivity index (χ0) is 30.8. The maximum Gasteiger partial charge on any atom is 0.311 e. The molecule has 0 bridgehead atoms. The van der Waals surface area contributed by atoms with Gasteiger partial charge in [0.05, 0.1) is 5.41 Å². The molecule has 3 saturated carbocycles. The number of amides is 1. The first-order valence-electron chi connectivity index (χ1n) is 14.5. The predicted octanol–water partition coefficient (Wildman–Crippen LogP) is 8.54. The molecule has 3 aliphatic carbocycles. The lowest BCUT2D eigenvalue weighted by Gasteiger charge is -2.32. The van der Waals surface area contributed by atoms with Gasteiger partial charge in [-0.3, -0.25) is 14.4 Å². The molecular weight excluding hydrogens is 628 g/mol. The Morgan fingerprint density at radius 2 is 1.16 bits per heavy atom. The second-order valence-electron chi connectivity index (χ2n) is 11.8. The van der Waals surface area contributed by atoms with Crippen molar-refractivity contribution < 1.29 is 19.5 Å². The summed E-state index contributed by atoms with van der Waals surface area (Å²) < 4.78 is 0. The van der Waals surface area contributed by atoms with Gasteiger partial charge >= 0.3 is 5.97 Å². The molecule has 0 radical (unpaired) electrons. The number of carboxylic acid groups (broad SMARTS) is 1. The second-order valence-corrected chi connectivity index (χ2v) is 13.5. The summed E-state index contributed by atoms with van der Waals surface area (Å²) >= 11 is 23.4. The third-order valence-corrected chi connectivity index (χ3v) is 10.4. The number of rotatable bonds is 7. The summed E-state index contributed by atoms with van der Waals surface area (Å²) in [5.74, 6) is -0.536. The molecule has 3 aromatic rings. The van der Waals surface area contributed by atoms with Gasteiger partial charge in [-0.2, -0.15) is 0 Å². The molecular formula is C34H33Cl4NO4. The maximum absolute atomic E-state index is 13.0. The first kappa shape index (κ1) is 31.8. The molecule has 43 heavy (non-hydrogen) atoms. The van der Waals surface area contributed by atoms with E-state index < -0.39 is 22.2 Å². The van der Waals surface area contributed by atoms with E-state index in [4.69, 9.17) is 46.4 Å². The van der Waals surface area contributed by atoms with Gasteiger partial charge in [-0.15, -0.1) is 0 Å². The standard InChI is InChI=1S/C25H19Cl3O2.C5H9NO.C4H5ClO/c26-19-7-1-16(2-8-19)23(13-14-23)25(22(29)30)15-24(25,17-3-9-20(27)10-4-17)18-5-11-21(28)12-6-18;7-5-6-3-1-2-4-6;5-4(6)3-1-2-3/h1-12H,13-15H2,(H,29,30);5H,1-4H2;3H,1-2H2. The number of carbonyl (C=O) groups is 3. The number of carbonyl (C=O) groups excluding carboxylic acids is 2. The summed E-state index contributed by atoms with van der Waals surface area (Å²) in [6, 6.07) is 22.8. The fourth-order valence-electron chi connectivity index (χ4n) is 6.74. The van der Waals surface area contributed by atoms with E-state index in [-0.39, 0.29) is 11.2 Å². The lowest BCUT2D eigenvalue weighted by atomic mass is 9.70. The van der Waals surface area contributed by atoms with Crippen molar-refractivity contribution in [1.29, 1.82) is 0 Å². The Morgan fingerprint density at radius 3 is 1.44 bits per heavy atom. The number of aliphatic carboxylic acids is 1. The summed E-state index contributed by atoms with van der Waals surface area (Å²) in [7, 11) is 0. The highest BCUT2D eigenvalue weighted by Gasteiger charge is 2.84. The summed E-state index contributed by atoms with van der Waals surface area (Å²) in [6.07, 6.45) is 7.55. The molecule has 1 amide bonds. The van der Waals surface area contributed by atoms with Gasteiger partial charge in [0.25, 0.3) is 0 Å². The van der Waals surface area contributed by atoms with E-state index in [1.54, 1.807) is 4.90 Å². The van der Waals surface area contributed by atoms with Crippen LogP contribution in [0.25, 0.3) is 0 Å². The topological polar surface area (TPSA) is 74.7 Å². The molecule has 1 unspecified atom stereocenters. The summed E-state index contributed by atoms with van der Waals surface area (Å²) in [5, 5.41) is 12.4. The Bertz CT molecular complexity index is 1420. The van der Waals surface area contributed by atoms with Crippen molar-refractivity contribution in [1.82, 2.24) is 4.90 Å². The van der Waals surface area contributed by atoms with Crippen LogP contribution in [0.1, 0.15) is 61.6 Å². The fraction of sp³-hybridized carbons (Fsp3) is 0.382. The molecule has 0 aromatic heterocycles. The number of hydrogen-bond donors (Lipinski definition) is 1. The predicted molar refractivity (Wildman–Crippen MR) is 171 cm³/mol. The SMILES string of the molecule is O=C(Cl)C1CC1.O=C(O)C1(C2(c3ccc(Cl)cc3)CC2)CC1(c1ccc(Cl)cc1)c1ccc(Cl)cc1.O=CN1CCCC1.